The zero-order valence-electron chi connectivity index (χ0n) is 49.7. The first-order valence-corrected chi connectivity index (χ1v) is 28.9. The van der Waals surface area contributed by atoms with Crippen molar-refractivity contribution < 1.29 is 4.57 Å². The molecule has 11 aromatic rings. The monoisotopic (exact) mass is 1020 g/mol. The van der Waals surface area contributed by atoms with Gasteiger partial charge in [0, 0.05) is 60.6 Å². The Bertz CT molecular complexity index is 4180. The fourth-order valence-corrected chi connectivity index (χ4v) is 13.8. The molecule has 2 aliphatic heterocycles. The van der Waals surface area contributed by atoms with Crippen LogP contribution in [0.2, 0.25) is 0 Å². The Hall–Kier alpha value is -7.11. The molecule has 0 bridgehead atoms. The first-order valence-electron chi connectivity index (χ1n) is 28.9. The molecule has 5 heterocycles. The molecule has 3 aromatic heterocycles. The maximum absolute atomic E-state index is 2.69. The number of fused-ring (bicyclic) bond motifs is 11. The first-order chi connectivity index (χ1) is 36.7. The summed E-state index contributed by atoms with van der Waals surface area (Å²) in [6, 6.07) is 53.3. The van der Waals surface area contributed by atoms with E-state index in [4.69, 9.17) is 0 Å². The average Bonchev–Trinajstić information content (AvgIpc) is 3.81. The van der Waals surface area contributed by atoms with Crippen LogP contribution >= 0.6 is 0 Å². The van der Waals surface area contributed by atoms with Crippen LogP contribution in [0.15, 0.2) is 133 Å². The zero-order valence-corrected chi connectivity index (χ0v) is 49.7. The Balaban J connectivity index is 1.26. The molecule has 78 heavy (non-hydrogen) atoms. The third-order valence-electron chi connectivity index (χ3n) is 18.2. The lowest BCUT2D eigenvalue weighted by Crippen LogP contribution is -2.59. The number of para-hydroxylation sites is 2. The average molecular weight is 1020 g/mol. The van der Waals surface area contributed by atoms with Gasteiger partial charge in [-0.3, -0.25) is 0 Å². The second-order valence-corrected chi connectivity index (χ2v) is 28.2. The quantitative estimate of drug-likeness (QED) is 0.121. The van der Waals surface area contributed by atoms with Crippen LogP contribution in [-0.4, -0.2) is 20.4 Å². The number of nitrogens with zero attached hydrogens (tertiary/aromatic N) is 4. The molecule has 4 nitrogen and oxygen atoms in total. The zero-order chi connectivity index (χ0) is 55.2. The van der Waals surface area contributed by atoms with E-state index in [1.165, 1.54) is 150 Å². The molecule has 0 N–H and O–H groups in total. The van der Waals surface area contributed by atoms with Gasteiger partial charge in [0.05, 0.1) is 23.6 Å². The molecule has 0 fully saturated rings. The maximum Gasteiger partial charge on any atom is 0.295 e. The number of rotatable bonds is 5. The first kappa shape index (κ1) is 50.4. The van der Waals surface area contributed by atoms with Crippen molar-refractivity contribution in [1.29, 1.82) is 0 Å². The number of benzene rings is 8. The van der Waals surface area contributed by atoms with Gasteiger partial charge in [0.2, 0.25) is 0 Å². The minimum absolute atomic E-state index is 0.00641. The highest BCUT2D eigenvalue weighted by molar-refractivity contribution is 7.00. The lowest BCUT2D eigenvalue weighted by Gasteiger charge is -2.36. The topological polar surface area (TPSA) is 18.7 Å². The summed E-state index contributed by atoms with van der Waals surface area (Å²) in [5, 5.41) is 5.34. The Morgan fingerprint density at radius 2 is 0.885 bits per heavy atom. The van der Waals surface area contributed by atoms with E-state index < -0.39 is 0 Å². The number of aromatic nitrogens is 4. The third-order valence-corrected chi connectivity index (χ3v) is 18.2. The summed E-state index contributed by atoms with van der Waals surface area (Å²) in [5.74, 6) is 1.79. The SMILES string of the molecule is Cc1ccccc1-c1n(-c2c(C(C)C)cccc2C(C)C)c2c(-c3cc4c5c(c3)-n3c6ccc(C(C)(C)C)cc6c6cc(C(C)(C)C)cc(c63)B5c3cc(C(C)(C)C)cc5c6cc(C(C)(C)C)ccc6n-4c35)cccc2[n+]1C. The molecule has 5 heteroatoms. The summed E-state index contributed by atoms with van der Waals surface area (Å²) in [4.78, 5) is 0. The van der Waals surface area contributed by atoms with Gasteiger partial charge in [-0.05, 0) is 157 Å². The molecule has 0 spiro atoms. The summed E-state index contributed by atoms with van der Waals surface area (Å²) in [5.41, 5.74) is 28.6. The molecule has 0 amide bonds. The van der Waals surface area contributed by atoms with Gasteiger partial charge in [-0.1, -0.05) is 178 Å². The Morgan fingerprint density at radius 1 is 0.436 bits per heavy atom. The highest BCUT2D eigenvalue weighted by atomic mass is 15.2. The van der Waals surface area contributed by atoms with E-state index in [2.05, 4.69) is 276 Å². The van der Waals surface area contributed by atoms with Crippen LogP contribution in [0, 0.1) is 6.92 Å². The second kappa shape index (κ2) is 16.7. The molecule has 0 unspecified atom stereocenters. The lowest BCUT2D eigenvalue weighted by atomic mass is 9.34. The van der Waals surface area contributed by atoms with Crippen LogP contribution in [0.4, 0.5) is 0 Å². The summed E-state index contributed by atoms with van der Waals surface area (Å²) in [6.45, 7) is 40.2. The van der Waals surface area contributed by atoms with Gasteiger partial charge in [0.15, 0.2) is 11.0 Å². The van der Waals surface area contributed by atoms with Gasteiger partial charge in [-0.15, -0.1) is 0 Å². The van der Waals surface area contributed by atoms with Crippen molar-refractivity contribution in [2.24, 2.45) is 7.05 Å². The van der Waals surface area contributed by atoms with Gasteiger partial charge in [-0.2, -0.15) is 4.57 Å². The van der Waals surface area contributed by atoms with Crippen LogP contribution in [0.5, 0.6) is 0 Å². The van der Waals surface area contributed by atoms with Crippen LogP contribution in [0.3, 0.4) is 0 Å². The highest BCUT2D eigenvalue weighted by Crippen LogP contribution is 2.47. The van der Waals surface area contributed by atoms with E-state index in [1.54, 1.807) is 0 Å². The number of aryl methyl sites for hydroxylation is 2. The van der Waals surface area contributed by atoms with Crippen molar-refractivity contribution in [3.05, 3.63) is 172 Å². The standard InChI is InChI=1S/C73H78BN4/c1-41(2)49-25-21-26-50(42(3)4)65(49)78-68-52(27-22-28-61(68)75(18)69(78)51-24-20-19-23-43(51)5)44-33-62-64-63(34-44)77-60-32-30-46(71(9,10)11)36-54(60)56-38-48(73(15,16)17)40-58(67(56)77)74(64)57-39-47(72(12,13)14)37-55-53-35-45(70(6,7)8)29-31-59(53)76(62)66(55)57/h19-42H,1-18H3/q+1. The van der Waals surface area contributed by atoms with E-state index in [-0.39, 0.29) is 28.4 Å². The van der Waals surface area contributed by atoms with Crippen molar-refractivity contribution >= 4 is 77.7 Å². The van der Waals surface area contributed by atoms with Crippen LogP contribution in [0.1, 0.15) is 162 Å². The maximum atomic E-state index is 2.69. The molecule has 2 aliphatic rings. The van der Waals surface area contributed by atoms with Crippen molar-refractivity contribution in [1.82, 2.24) is 13.7 Å². The largest absolute Gasteiger partial charge is 0.310 e. The number of imidazole rings is 1. The number of hydrogen-bond donors (Lipinski definition) is 0. The van der Waals surface area contributed by atoms with Crippen molar-refractivity contribution in [2.45, 2.75) is 151 Å². The Morgan fingerprint density at radius 3 is 1.35 bits per heavy atom. The Labute approximate surface area is 463 Å². The van der Waals surface area contributed by atoms with E-state index in [0.29, 0.717) is 11.8 Å². The van der Waals surface area contributed by atoms with Crippen molar-refractivity contribution in [3.63, 3.8) is 0 Å². The molecule has 0 radical (unpaired) electrons. The van der Waals surface area contributed by atoms with Crippen molar-refractivity contribution in [3.8, 4) is 39.6 Å². The van der Waals surface area contributed by atoms with E-state index in [9.17, 15) is 0 Å². The normalized spacial score (nSPS) is 13.7. The van der Waals surface area contributed by atoms with E-state index >= 15 is 0 Å². The predicted molar refractivity (Wildman–Crippen MR) is 336 cm³/mol. The fourth-order valence-electron chi connectivity index (χ4n) is 13.8. The molecule has 13 rings (SSSR count). The number of hydrogen-bond acceptors (Lipinski definition) is 0. The van der Waals surface area contributed by atoms with Crippen LogP contribution in [0.25, 0.3) is 94.2 Å². The molecule has 8 aromatic carbocycles. The predicted octanol–water partition coefficient (Wildman–Crippen LogP) is 16.9. The molecule has 0 saturated heterocycles. The van der Waals surface area contributed by atoms with Gasteiger partial charge in [-0.25, -0.2) is 4.57 Å². The third kappa shape index (κ3) is 7.21. The van der Waals surface area contributed by atoms with E-state index in [1.807, 2.05) is 0 Å². The molecular formula is C73H78BN4+. The molecule has 0 atom stereocenters. The molecule has 0 saturated carbocycles. The van der Waals surface area contributed by atoms with Gasteiger partial charge >= 0.3 is 0 Å². The summed E-state index contributed by atoms with van der Waals surface area (Å²) in [6.07, 6.45) is 0. The van der Waals surface area contributed by atoms with Gasteiger partial charge in [0.25, 0.3) is 12.5 Å². The van der Waals surface area contributed by atoms with E-state index in [0.717, 1.165) is 0 Å². The highest BCUT2D eigenvalue weighted by Gasteiger charge is 2.44. The summed E-state index contributed by atoms with van der Waals surface area (Å²) in [7, 11) is 2.28. The van der Waals surface area contributed by atoms with Gasteiger partial charge in [0.1, 0.15) is 5.69 Å². The smallest absolute Gasteiger partial charge is 0.295 e. The van der Waals surface area contributed by atoms with Crippen LogP contribution in [-0.2, 0) is 28.7 Å². The fraction of sp³-hybridized carbons (Fsp3) is 0.329. The Kier molecular flexibility index (Phi) is 10.8. The molecular weight excluding hydrogens is 944 g/mol. The minimum Gasteiger partial charge on any atom is -0.310 e. The van der Waals surface area contributed by atoms with Gasteiger partial charge < -0.3 is 9.13 Å². The second-order valence-electron chi connectivity index (χ2n) is 28.2. The van der Waals surface area contributed by atoms with Crippen LogP contribution < -0.4 is 21.0 Å². The summed E-state index contributed by atoms with van der Waals surface area (Å²) >= 11 is 0. The van der Waals surface area contributed by atoms with Crippen molar-refractivity contribution in [2.75, 3.05) is 0 Å². The summed E-state index contributed by atoms with van der Waals surface area (Å²) < 4.78 is 10.5. The lowest BCUT2D eigenvalue weighted by molar-refractivity contribution is -0.633. The molecule has 0 aliphatic carbocycles. The molecule has 392 valence electrons. The minimum atomic E-state index is -0.0757.